The van der Waals surface area contributed by atoms with Crippen LogP contribution in [-0.4, -0.2) is 27.7 Å². The Bertz CT molecular complexity index is 869. The van der Waals surface area contributed by atoms with Crippen LogP contribution in [-0.2, 0) is 4.79 Å². The summed E-state index contributed by atoms with van der Waals surface area (Å²) in [6.07, 6.45) is -5.16. The highest BCUT2D eigenvalue weighted by Gasteiger charge is 2.55. The molecule has 0 saturated carbocycles. The van der Waals surface area contributed by atoms with E-state index in [0.29, 0.717) is 18.1 Å². The molecule has 0 aromatic heterocycles. The molecular weight excluding hydrogens is 377 g/mol. The fourth-order valence-electron chi connectivity index (χ4n) is 1.97. The van der Waals surface area contributed by atoms with E-state index >= 15 is 0 Å². The fraction of sp³-hybridized carbons (Fsp3) is 0.188. The second-order valence-corrected chi connectivity index (χ2v) is 5.93. The first-order valence-electron chi connectivity index (χ1n) is 7.08. The van der Waals surface area contributed by atoms with Gasteiger partial charge in [-0.15, -0.1) is 0 Å². The van der Waals surface area contributed by atoms with Crippen molar-refractivity contribution in [3.63, 3.8) is 0 Å². The highest BCUT2D eigenvalue weighted by molar-refractivity contribution is 6.34. The number of rotatable bonds is 4. The lowest BCUT2D eigenvalue weighted by atomic mass is 10.0. The molecule has 0 aliphatic heterocycles. The smallest absolute Gasteiger partial charge is 0.373 e. The summed E-state index contributed by atoms with van der Waals surface area (Å²) < 4.78 is 38.0. The van der Waals surface area contributed by atoms with Crippen molar-refractivity contribution in [1.29, 1.82) is 0 Å². The first kappa shape index (κ1) is 19.7. The zero-order valence-corrected chi connectivity index (χ0v) is 13.9. The van der Waals surface area contributed by atoms with Crippen molar-refractivity contribution in [1.82, 2.24) is 0 Å². The maximum atomic E-state index is 12.7. The number of nitro groups is 1. The van der Waals surface area contributed by atoms with Crippen LogP contribution in [0.1, 0.15) is 6.92 Å². The minimum absolute atomic E-state index is 0.0969. The Morgan fingerprint density at radius 1 is 1.19 bits per heavy atom. The second-order valence-electron chi connectivity index (χ2n) is 5.53. The molecule has 2 aromatic carbocycles. The number of halogens is 4. The SMILES string of the molecule is C[C@@](O)(C(=O)Nc1ccc(-c2cccc([N+](=O)[O-])c2)cc1Cl)C(F)(F)F. The van der Waals surface area contributed by atoms with Crippen LogP contribution in [0.5, 0.6) is 0 Å². The van der Waals surface area contributed by atoms with Crippen molar-refractivity contribution < 1.29 is 28.0 Å². The van der Waals surface area contributed by atoms with E-state index in [0.717, 1.165) is 0 Å². The summed E-state index contributed by atoms with van der Waals surface area (Å²) in [5.41, 5.74) is -2.96. The van der Waals surface area contributed by atoms with Gasteiger partial charge >= 0.3 is 6.18 Å². The van der Waals surface area contributed by atoms with Gasteiger partial charge in [-0.2, -0.15) is 13.2 Å². The molecule has 0 saturated heterocycles. The molecule has 6 nitrogen and oxygen atoms in total. The topological polar surface area (TPSA) is 92.5 Å². The summed E-state index contributed by atoms with van der Waals surface area (Å²) in [7, 11) is 0. The zero-order chi connectivity index (χ0) is 19.7. The van der Waals surface area contributed by atoms with Gasteiger partial charge in [-0.05, 0) is 30.2 Å². The van der Waals surface area contributed by atoms with Gasteiger partial charge < -0.3 is 10.4 Å². The first-order valence-corrected chi connectivity index (χ1v) is 7.46. The van der Waals surface area contributed by atoms with Crippen molar-refractivity contribution >= 4 is 28.9 Å². The molecule has 1 amide bonds. The normalized spacial score (nSPS) is 13.8. The molecule has 10 heteroatoms. The van der Waals surface area contributed by atoms with Gasteiger partial charge in [-0.1, -0.05) is 29.8 Å². The van der Waals surface area contributed by atoms with Crippen LogP contribution in [0, 0.1) is 10.1 Å². The number of nitrogens with zero attached hydrogens (tertiary/aromatic N) is 1. The number of carbonyl (C=O) groups is 1. The van der Waals surface area contributed by atoms with Crippen molar-refractivity contribution in [2.24, 2.45) is 0 Å². The van der Waals surface area contributed by atoms with Crippen LogP contribution in [0.25, 0.3) is 11.1 Å². The number of amides is 1. The Balaban J connectivity index is 2.29. The lowest BCUT2D eigenvalue weighted by Gasteiger charge is -2.25. The zero-order valence-electron chi connectivity index (χ0n) is 13.2. The maximum Gasteiger partial charge on any atom is 0.426 e. The summed E-state index contributed by atoms with van der Waals surface area (Å²) >= 11 is 5.98. The molecule has 0 fully saturated rings. The Hall–Kier alpha value is -2.65. The Labute approximate surface area is 150 Å². The van der Waals surface area contributed by atoms with E-state index in [1.54, 1.807) is 6.07 Å². The highest BCUT2D eigenvalue weighted by atomic mass is 35.5. The third-order valence-corrected chi connectivity index (χ3v) is 3.91. The summed E-state index contributed by atoms with van der Waals surface area (Å²) in [5.74, 6) is -1.69. The molecule has 0 unspecified atom stereocenters. The quantitative estimate of drug-likeness (QED) is 0.607. The monoisotopic (exact) mass is 388 g/mol. The number of carbonyl (C=O) groups excluding carboxylic acids is 1. The average Bonchev–Trinajstić information content (AvgIpc) is 2.55. The number of alkyl halides is 3. The number of hydrogen-bond donors (Lipinski definition) is 2. The predicted molar refractivity (Wildman–Crippen MR) is 88.9 cm³/mol. The largest absolute Gasteiger partial charge is 0.426 e. The molecule has 0 aliphatic carbocycles. The van der Waals surface area contributed by atoms with E-state index < -0.39 is 22.6 Å². The number of nitro benzene ring substituents is 1. The number of hydrogen-bond acceptors (Lipinski definition) is 4. The van der Waals surface area contributed by atoms with E-state index in [2.05, 4.69) is 0 Å². The average molecular weight is 389 g/mol. The van der Waals surface area contributed by atoms with Crippen LogP contribution >= 0.6 is 11.6 Å². The summed E-state index contributed by atoms with van der Waals surface area (Å²) in [6.45, 7) is 0.327. The van der Waals surface area contributed by atoms with Gasteiger partial charge in [0.15, 0.2) is 0 Å². The molecule has 0 aliphatic rings. The Morgan fingerprint density at radius 3 is 2.35 bits per heavy atom. The number of nitrogens with one attached hydrogen (secondary N) is 1. The molecule has 2 rings (SSSR count). The fourth-order valence-corrected chi connectivity index (χ4v) is 2.20. The van der Waals surface area contributed by atoms with Crippen LogP contribution in [0.2, 0.25) is 5.02 Å². The molecule has 0 bridgehead atoms. The van der Waals surface area contributed by atoms with Crippen LogP contribution < -0.4 is 5.32 Å². The van der Waals surface area contributed by atoms with Gasteiger partial charge in [-0.3, -0.25) is 14.9 Å². The standard InChI is InChI=1S/C16H12ClF3N2O4/c1-15(24,16(18,19)20)14(23)21-13-6-5-10(8-12(13)17)9-3-2-4-11(7-9)22(25)26/h2-8,24H,1H3,(H,21,23)/t15-/m1/s1. The molecular formula is C16H12ClF3N2O4. The van der Waals surface area contributed by atoms with Crippen LogP contribution in [0.4, 0.5) is 24.5 Å². The number of aliphatic hydroxyl groups is 1. The second kappa shape index (κ2) is 6.93. The molecule has 2 N–H and O–H groups in total. The van der Waals surface area contributed by atoms with E-state index in [9.17, 15) is 33.2 Å². The summed E-state index contributed by atoms with van der Waals surface area (Å²) in [5, 5.41) is 22.0. The summed E-state index contributed by atoms with van der Waals surface area (Å²) in [6, 6.07) is 9.66. The van der Waals surface area contributed by atoms with Gasteiger partial charge in [0.1, 0.15) is 0 Å². The molecule has 138 valence electrons. The van der Waals surface area contributed by atoms with Crippen molar-refractivity contribution in [3.05, 3.63) is 57.6 Å². The van der Waals surface area contributed by atoms with Crippen LogP contribution in [0.3, 0.4) is 0 Å². The Morgan fingerprint density at radius 2 is 1.81 bits per heavy atom. The van der Waals surface area contributed by atoms with Gasteiger partial charge in [0.05, 0.1) is 15.6 Å². The molecule has 2 aromatic rings. The minimum Gasteiger partial charge on any atom is -0.373 e. The van der Waals surface area contributed by atoms with Crippen LogP contribution in [0.15, 0.2) is 42.5 Å². The van der Waals surface area contributed by atoms with Crippen molar-refractivity contribution in [3.8, 4) is 11.1 Å². The van der Waals surface area contributed by atoms with E-state index in [1.807, 2.05) is 5.32 Å². The predicted octanol–water partition coefficient (Wildman–Crippen LogP) is 4.17. The minimum atomic E-state index is -5.16. The third-order valence-electron chi connectivity index (χ3n) is 3.60. The number of benzene rings is 2. The molecule has 0 radical (unpaired) electrons. The van der Waals surface area contributed by atoms with E-state index in [-0.39, 0.29) is 16.4 Å². The van der Waals surface area contributed by atoms with E-state index in [4.69, 9.17) is 11.6 Å². The first-order chi connectivity index (χ1) is 11.9. The maximum absolute atomic E-state index is 12.7. The number of non-ortho nitro benzene ring substituents is 1. The van der Waals surface area contributed by atoms with Crippen molar-refractivity contribution in [2.75, 3.05) is 5.32 Å². The van der Waals surface area contributed by atoms with Gasteiger partial charge in [0, 0.05) is 12.1 Å². The van der Waals surface area contributed by atoms with E-state index in [1.165, 1.54) is 36.4 Å². The van der Waals surface area contributed by atoms with Crippen molar-refractivity contribution in [2.45, 2.75) is 18.7 Å². The molecule has 1 atom stereocenters. The lowest BCUT2D eigenvalue weighted by molar-refractivity contribution is -0.384. The third kappa shape index (κ3) is 3.94. The highest BCUT2D eigenvalue weighted by Crippen LogP contribution is 2.34. The van der Waals surface area contributed by atoms with Gasteiger partial charge in [-0.25, -0.2) is 0 Å². The molecule has 0 spiro atoms. The molecule has 0 heterocycles. The summed E-state index contributed by atoms with van der Waals surface area (Å²) in [4.78, 5) is 21.9. The number of anilines is 1. The van der Waals surface area contributed by atoms with Gasteiger partial charge in [0.25, 0.3) is 11.6 Å². The molecule has 26 heavy (non-hydrogen) atoms. The Kier molecular flexibility index (Phi) is 5.24. The van der Waals surface area contributed by atoms with Gasteiger partial charge in [0.2, 0.25) is 5.60 Å². The lowest BCUT2D eigenvalue weighted by Crippen LogP contribution is -2.52.